The van der Waals surface area contributed by atoms with E-state index in [0.29, 0.717) is 36.4 Å². The standard InChI is InChI=1S/C21H23N3O4S.Na.H/c25-29(20-23-18-4-1-2-5-19(18)24-20)14-16-10-17(6-9-22-16)26-11-15-12-27-21(28-13-15)7-3-8-21;;/h1-2,4-6,9-10,15H,3,7-8,11-14H2,(H,23,24);;. The minimum atomic E-state index is -1.31. The van der Waals surface area contributed by atoms with E-state index in [1.165, 1.54) is 6.42 Å². The Labute approximate surface area is 200 Å². The molecule has 3 heterocycles. The first-order valence-electron chi connectivity index (χ1n) is 9.88. The van der Waals surface area contributed by atoms with Crippen LogP contribution in [0.5, 0.6) is 5.75 Å². The number of hydrogen-bond donors (Lipinski definition) is 1. The minimum Gasteiger partial charge on any atom is -0.609 e. The van der Waals surface area contributed by atoms with Crippen LogP contribution in [0, 0.1) is 5.92 Å². The second kappa shape index (κ2) is 9.56. The van der Waals surface area contributed by atoms with Crippen LogP contribution < -0.4 is 4.74 Å². The van der Waals surface area contributed by atoms with Crippen molar-refractivity contribution in [1.29, 1.82) is 0 Å². The van der Waals surface area contributed by atoms with Crippen molar-refractivity contribution in [2.24, 2.45) is 5.92 Å². The number of nitrogens with zero attached hydrogens (tertiary/aromatic N) is 2. The number of rotatable bonds is 6. The molecule has 0 radical (unpaired) electrons. The molecule has 2 aliphatic rings. The van der Waals surface area contributed by atoms with Gasteiger partial charge in [-0.3, -0.25) is 9.97 Å². The summed E-state index contributed by atoms with van der Waals surface area (Å²) in [6.07, 6.45) is 4.85. The van der Waals surface area contributed by atoms with Gasteiger partial charge in [0.1, 0.15) is 5.75 Å². The van der Waals surface area contributed by atoms with E-state index in [1.54, 1.807) is 6.20 Å². The van der Waals surface area contributed by atoms with Crippen molar-refractivity contribution >= 4 is 51.8 Å². The molecule has 2 aromatic heterocycles. The summed E-state index contributed by atoms with van der Waals surface area (Å²) in [5, 5.41) is 0.459. The average Bonchev–Trinajstić information content (AvgIpc) is 3.16. The van der Waals surface area contributed by atoms with Gasteiger partial charge in [0.05, 0.1) is 36.5 Å². The SMILES string of the molecule is [NaH].[O-][S+](Cc1cc(OCC2COC3(CCC3)OC2)ccn1)c1nc2ccccc2[nH]1. The molecule has 1 spiro atoms. The van der Waals surface area contributed by atoms with Crippen LogP contribution in [0.25, 0.3) is 11.0 Å². The van der Waals surface area contributed by atoms with Crippen LogP contribution in [-0.4, -0.2) is 74.7 Å². The van der Waals surface area contributed by atoms with E-state index >= 15 is 0 Å². The van der Waals surface area contributed by atoms with Crippen molar-refractivity contribution in [3.8, 4) is 5.75 Å². The van der Waals surface area contributed by atoms with Crippen LogP contribution in [-0.2, 0) is 26.4 Å². The summed E-state index contributed by atoms with van der Waals surface area (Å²) >= 11 is -1.31. The molecule has 1 atom stereocenters. The van der Waals surface area contributed by atoms with Crippen LogP contribution in [0.4, 0.5) is 0 Å². The van der Waals surface area contributed by atoms with E-state index in [2.05, 4.69) is 15.0 Å². The number of H-pyrrole nitrogens is 1. The Kier molecular flexibility index (Phi) is 7.04. The van der Waals surface area contributed by atoms with Crippen LogP contribution in [0.1, 0.15) is 25.0 Å². The first-order chi connectivity index (χ1) is 14.2. The zero-order valence-electron chi connectivity index (χ0n) is 16.0. The third kappa shape index (κ3) is 4.85. The van der Waals surface area contributed by atoms with Crippen molar-refractivity contribution in [2.75, 3.05) is 19.8 Å². The maximum absolute atomic E-state index is 12.7. The molecule has 7 nitrogen and oxygen atoms in total. The molecular weight excluding hydrogens is 413 g/mol. The Morgan fingerprint density at radius 3 is 2.73 bits per heavy atom. The normalized spacial score (nSPS) is 19.2. The first-order valence-corrected chi connectivity index (χ1v) is 11.2. The van der Waals surface area contributed by atoms with E-state index in [9.17, 15) is 4.55 Å². The van der Waals surface area contributed by atoms with E-state index in [1.807, 2.05) is 36.4 Å². The molecule has 1 saturated heterocycles. The molecule has 2 fully saturated rings. The number of nitrogens with one attached hydrogen (secondary N) is 1. The number of aromatic amines is 1. The Bertz CT molecular complexity index is 954. The predicted molar refractivity (Wildman–Crippen MR) is 115 cm³/mol. The summed E-state index contributed by atoms with van der Waals surface area (Å²) in [6, 6.07) is 11.3. The van der Waals surface area contributed by atoms with Gasteiger partial charge < -0.3 is 18.8 Å². The fourth-order valence-corrected chi connectivity index (χ4v) is 4.55. The summed E-state index contributed by atoms with van der Waals surface area (Å²) in [4.78, 5) is 11.9. The number of pyridine rings is 1. The number of aromatic nitrogens is 3. The van der Waals surface area contributed by atoms with E-state index in [0.717, 1.165) is 23.9 Å². The molecule has 0 amide bonds. The smallest absolute Gasteiger partial charge is 0.322 e. The molecule has 1 N–H and O–H groups in total. The Balaban J connectivity index is 0.00000218. The molecule has 154 valence electrons. The first kappa shape index (κ1) is 22.1. The van der Waals surface area contributed by atoms with Gasteiger partial charge in [0.15, 0.2) is 11.5 Å². The van der Waals surface area contributed by atoms with Crippen molar-refractivity contribution in [2.45, 2.75) is 36.0 Å². The van der Waals surface area contributed by atoms with Crippen LogP contribution >= 0.6 is 0 Å². The average molecular weight is 437 g/mol. The number of fused-ring (bicyclic) bond motifs is 1. The predicted octanol–water partition coefficient (Wildman–Crippen LogP) is 2.54. The van der Waals surface area contributed by atoms with Gasteiger partial charge in [0.2, 0.25) is 0 Å². The summed E-state index contributed by atoms with van der Waals surface area (Å²) in [7, 11) is 0. The zero-order chi connectivity index (χ0) is 19.7. The van der Waals surface area contributed by atoms with Gasteiger partial charge in [-0.2, -0.15) is 4.98 Å². The van der Waals surface area contributed by atoms with E-state index in [-0.39, 0.29) is 47.0 Å². The second-order valence-corrected chi connectivity index (χ2v) is 8.96. The molecular formula is C21H24N3NaO4S. The molecule has 5 rings (SSSR count). The summed E-state index contributed by atoms with van der Waals surface area (Å²) < 4.78 is 30.4. The molecule has 0 bridgehead atoms. The Hall–Kier alpha value is -1.13. The molecule has 9 heteroatoms. The van der Waals surface area contributed by atoms with Crippen molar-refractivity contribution in [3.63, 3.8) is 0 Å². The molecule has 1 unspecified atom stereocenters. The van der Waals surface area contributed by atoms with Crippen LogP contribution in [0.2, 0.25) is 0 Å². The van der Waals surface area contributed by atoms with Crippen molar-refractivity contribution in [3.05, 3.63) is 48.3 Å². The third-order valence-electron chi connectivity index (χ3n) is 5.42. The molecule has 1 aliphatic carbocycles. The maximum Gasteiger partial charge on any atom is 0.322 e. The maximum atomic E-state index is 12.7. The summed E-state index contributed by atoms with van der Waals surface area (Å²) in [5.41, 5.74) is 2.38. The second-order valence-electron chi connectivity index (χ2n) is 7.60. The number of benzene rings is 1. The van der Waals surface area contributed by atoms with Gasteiger partial charge in [-0.05, 0) is 24.6 Å². The molecule has 1 saturated carbocycles. The van der Waals surface area contributed by atoms with Crippen molar-refractivity contribution in [1.82, 2.24) is 15.0 Å². The van der Waals surface area contributed by atoms with Crippen LogP contribution in [0.15, 0.2) is 47.8 Å². The number of hydrogen-bond acceptors (Lipinski definition) is 6. The number of ether oxygens (including phenoxy) is 3. The van der Waals surface area contributed by atoms with E-state index in [4.69, 9.17) is 14.2 Å². The molecule has 3 aromatic rings. The topological polar surface area (TPSA) is 92.3 Å². The van der Waals surface area contributed by atoms with Crippen molar-refractivity contribution < 1.29 is 18.8 Å². The fraction of sp³-hybridized carbons (Fsp3) is 0.429. The molecule has 30 heavy (non-hydrogen) atoms. The summed E-state index contributed by atoms with van der Waals surface area (Å²) in [5.74, 6) is 0.888. The van der Waals surface area contributed by atoms with Gasteiger partial charge in [-0.15, -0.1) is 0 Å². The van der Waals surface area contributed by atoms with Gasteiger partial charge >= 0.3 is 34.7 Å². The summed E-state index contributed by atoms with van der Waals surface area (Å²) in [6.45, 7) is 1.84. The van der Waals surface area contributed by atoms with Gasteiger partial charge in [-0.25, -0.2) is 0 Å². The Morgan fingerprint density at radius 2 is 2.00 bits per heavy atom. The molecule has 1 aromatic carbocycles. The van der Waals surface area contributed by atoms with Gasteiger partial charge in [0.25, 0.3) is 0 Å². The van der Waals surface area contributed by atoms with Gasteiger partial charge in [-0.1, -0.05) is 12.1 Å². The largest absolute Gasteiger partial charge is 0.609 e. The monoisotopic (exact) mass is 437 g/mol. The Morgan fingerprint density at radius 1 is 1.20 bits per heavy atom. The number of imidazole rings is 1. The fourth-order valence-electron chi connectivity index (χ4n) is 3.56. The van der Waals surface area contributed by atoms with Gasteiger partial charge in [0, 0.05) is 42.2 Å². The quantitative estimate of drug-likeness (QED) is 0.471. The zero-order valence-corrected chi connectivity index (χ0v) is 16.8. The van der Waals surface area contributed by atoms with Crippen LogP contribution in [0.3, 0.4) is 0 Å². The van der Waals surface area contributed by atoms with E-state index < -0.39 is 11.2 Å². The molecule has 1 aliphatic heterocycles. The minimum absolute atomic E-state index is 0. The third-order valence-corrected chi connectivity index (χ3v) is 6.60. The number of para-hydroxylation sites is 2.